The zero-order chi connectivity index (χ0) is 21.2. The van der Waals surface area contributed by atoms with Crippen molar-refractivity contribution in [3.8, 4) is 0 Å². The van der Waals surface area contributed by atoms with Crippen LogP contribution in [0.25, 0.3) is 0 Å². The van der Waals surface area contributed by atoms with Crippen LogP contribution in [-0.2, 0) is 0 Å². The molecule has 0 aromatic rings. The third kappa shape index (κ3) is 9.67. The maximum atomic E-state index is 10.9. The van der Waals surface area contributed by atoms with E-state index in [0.29, 0.717) is 0 Å². The summed E-state index contributed by atoms with van der Waals surface area (Å²) in [5, 5.41) is 0. The van der Waals surface area contributed by atoms with Crippen LogP contribution in [0.2, 0.25) is 58.4 Å². The zero-order valence-corrected chi connectivity index (χ0v) is 26.2. The van der Waals surface area contributed by atoms with Crippen molar-refractivity contribution in [3.05, 3.63) is 0 Å². The summed E-state index contributed by atoms with van der Waals surface area (Å²) in [6.07, 6.45) is 1.31. The van der Waals surface area contributed by atoms with E-state index in [-0.39, 0.29) is 9.56 Å². The Labute approximate surface area is 175 Å². The van der Waals surface area contributed by atoms with Crippen LogP contribution in [0.4, 0.5) is 0 Å². The molecule has 0 bridgehead atoms. The summed E-state index contributed by atoms with van der Waals surface area (Å²) in [7, 11) is -5.19. The van der Waals surface area contributed by atoms with Gasteiger partial charge in [-0.05, 0) is 54.0 Å². The smallest absolute Gasteiger partial charge is 0.191 e. The van der Waals surface area contributed by atoms with Gasteiger partial charge in [0.2, 0.25) is 0 Å². The van der Waals surface area contributed by atoms with Crippen molar-refractivity contribution in [1.29, 1.82) is 0 Å². The molecular weight excluding hydrogens is 443 g/mol. The quantitative estimate of drug-likeness (QED) is 0.201. The monoisotopic (exact) mass is 488 g/mol. The first-order chi connectivity index (χ1) is 11.1. The fourth-order valence-electron chi connectivity index (χ4n) is 2.65. The van der Waals surface area contributed by atoms with Crippen LogP contribution in [0.15, 0.2) is 0 Å². The molecule has 0 aliphatic rings. The molecule has 0 fully saturated rings. The van der Waals surface area contributed by atoms with Gasteiger partial charge in [-0.2, -0.15) is 11.2 Å². The maximum Gasteiger partial charge on any atom is 0.191 e. The molecule has 0 aromatic heterocycles. The minimum Gasteiger partial charge on any atom is -0.431 e. The number of rotatable bonds is 11. The van der Waals surface area contributed by atoms with Gasteiger partial charge in [-0.15, -0.1) is 16.3 Å². The molecule has 0 amide bonds. The molecule has 2 nitrogen and oxygen atoms in total. The normalized spacial score (nSPS) is 18.2. The molecule has 0 rings (SSSR count). The minimum atomic E-state index is -2.19. The number of hydrogen-bond donors (Lipinski definition) is 2. The van der Waals surface area contributed by atoms with Crippen molar-refractivity contribution in [2.24, 2.45) is 0 Å². The summed E-state index contributed by atoms with van der Waals surface area (Å²) in [5.41, 5.74) is 0. The Balaban J connectivity index is 5.39. The second kappa shape index (κ2) is 9.43. The second-order valence-corrected chi connectivity index (χ2v) is 46.0. The lowest BCUT2D eigenvalue weighted by Gasteiger charge is -2.47. The van der Waals surface area contributed by atoms with Crippen LogP contribution in [0.5, 0.6) is 0 Å². The van der Waals surface area contributed by atoms with E-state index in [1.54, 1.807) is 0 Å². The maximum absolute atomic E-state index is 10.9. The zero-order valence-electron chi connectivity index (χ0n) is 19.4. The average Bonchev–Trinajstić information content (AvgIpc) is 2.29. The lowest BCUT2D eigenvalue weighted by molar-refractivity contribution is 0.525. The van der Waals surface area contributed by atoms with Crippen molar-refractivity contribution < 1.29 is 9.59 Å². The highest BCUT2D eigenvalue weighted by Gasteiger charge is 2.48. The molecule has 0 spiro atoms. The summed E-state index contributed by atoms with van der Waals surface area (Å²) in [6, 6.07) is 1.35. The fraction of sp³-hybridized carbons (Fsp3) is 1.00. The predicted octanol–water partition coefficient (Wildman–Crippen LogP) is 6.40. The Bertz CT molecular complexity index is 427. The van der Waals surface area contributed by atoms with Crippen molar-refractivity contribution in [1.82, 2.24) is 0 Å². The Morgan fingerprint density at radius 3 is 1.35 bits per heavy atom. The summed E-state index contributed by atoms with van der Waals surface area (Å²) in [5.74, 6) is 1.29. The van der Waals surface area contributed by atoms with Crippen molar-refractivity contribution >= 4 is 58.7 Å². The van der Waals surface area contributed by atoms with Crippen molar-refractivity contribution in [2.45, 2.75) is 102 Å². The highest BCUT2D eigenvalue weighted by atomic mass is 32.4. The molecule has 0 aliphatic carbocycles. The van der Waals surface area contributed by atoms with Gasteiger partial charge in [-0.1, -0.05) is 53.9 Å². The van der Waals surface area contributed by atoms with Crippen LogP contribution in [0, 0.1) is 0 Å². The third-order valence-electron chi connectivity index (χ3n) is 5.59. The molecule has 2 atom stereocenters. The molecule has 0 radical (unpaired) electrons. The van der Waals surface area contributed by atoms with E-state index in [2.05, 4.69) is 91.3 Å². The van der Waals surface area contributed by atoms with Crippen LogP contribution in [0.1, 0.15) is 34.1 Å². The first-order valence-electron chi connectivity index (χ1n) is 9.79. The Kier molecular flexibility index (Phi) is 10.2. The molecule has 26 heavy (non-hydrogen) atoms. The molecular formula is C17H46O2P2SSi4. The SMILES string of the molecule is CC(C)(P[Si](C)(CCCS[Si](C)(C)C)PC(C)(C)[Si](C)(C)O)[Si](C)(C)O. The van der Waals surface area contributed by atoms with E-state index in [4.69, 9.17) is 0 Å². The first-order valence-corrected chi connectivity index (χ1v) is 27.6. The van der Waals surface area contributed by atoms with Gasteiger partial charge in [-0.3, -0.25) is 0 Å². The van der Waals surface area contributed by atoms with Gasteiger partial charge in [0.15, 0.2) is 16.6 Å². The fourth-order valence-corrected chi connectivity index (χ4v) is 41.7. The van der Waals surface area contributed by atoms with Gasteiger partial charge in [-0.25, -0.2) is 0 Å². The predicted molar refractivity (Wildman–Crippen MR) is 141 cm³/mol. The molecule has 0 saturated heterocycles. The molecule has 2 unspecified atom stereocenters. The highest BCUT2D eigenvalue weighted by Crippen LogP contribution is 2.59. The van der Waals surface area contributed by atoms with Crippen molar-refractivity contribution in [2.75, 3.05) is 5.75 Å². The van der Waals surface area contributed by atoms with Crippen LogP contribution in [0.3, 0.4) is 0 Å². The Morgan fingerprint density at radius 2 is 1.08 bits per heavy atom. The summed E-state index contributed by atoms with van der Waals surface area (Å²) in [6.45, 7) is 27.5. The molecule has 9 heteroatoms. The summed E-state index contributed by atoms with van der Waals surface area (Å²) >= 11 is 2.21. The Morgan fingerprint density at radius 1 is 0.731 bits per heavy atom. The van der Waals surface area contributed by atoms with Crippen molar-refractivity contribution in [3.63, 3.8) is 0 Å². The lowest BCUT2D eigenvalue weighted by Crippen LogP contribution is -2.52. The van der Waals surface area contributed by atoms with Gasteiger partial charge >= 0.3 is 0 Å². The van der Waals surface area contributed by atoms with E-state index in [9.17, 15) is 9.59 Å². The minimum absolute atomic E-state index is 0.0735. The third-order valence-corrected chi connectivity index (χ3v) is 36.7. The van der Waals surface area contributed by atoms with Gasteiger partial charge < -0.3 is 9.59 Å². The lowest BCUT2D eigenvalue weighted by atomic mass is 10.5. The van der Waals surface area contributed by atoms with E-state index in [1.165, 1.54) is 18.2 Å². The molecule has 158 valence electrons. The topological polar surface area (TPSA) is 40.5 Å². The van der Waals surface area contributed by atoms with E-state index in [0.717, 1.165) is 16.3 Å². The van der Waals surface area contributed by atoms with Gasteiger partial charge in [0.25, 0.3) is 0 Å². The summed E-state index contributed by atoms with van der Waals surface area (Å²) in [4.78, 5) is 21.8. The molecule has 0 aromatic carbocycles. The van der Waals surface area contributed by atoms with Gasteiger partial charge in [0, 0.05) is 0 Å². The van der Waals surface area contributed by atoms with Crippen LogP contribution in [-0.4, -0.2) is 56.2 Å². The molecule has 0 saturated carbocycles. The molecule has 0 aliphatic heterocycles. The molecule has 2 N–H and O–H groups in total. The average molecular weight is 489 g/mol. The number of hydrogen-bond acceptors (Lipinski definition) is 3. The first kappa shape index (κ1) is 28.0. The summed E-state index contributed by atoms with van der Waals surface area (Å²) < 4.78 is 0.147. The van der Waals surface area contributed by atoms with Gasteiger partial charge in [0.05, 0.1) is 7.41 Å². The van der Waals surface area contributed by atoms with Crippen LogP contribution >= 0.6 is 27.5 Å². The van der Waals surface area contributed by atoms with Gasteiger partial charge in [0.1, 0.15) is 7.22 Å². The highest BCUT2D eigenvalue weighted by molar-refractivity contribution is 8.28. The molecule has 0 heterocycles. The van der Waals surface area contributed by atoms with E-state index in [1.807, 2.05) is 0 Å². The Hall–Kier alpha value is 2.00. The largest absolute Gasteiger partial charge is 0.431 e. The van der Waals surface area contributed by atoms with E-state index >= 15 is 0 Å². The van der Waals surface area contributed by atoms with E-state index < -0.39 is 31.3 Å². The second-order valence-electron chi connectivity index (χ2n) is 11.0. The standard InChI is InChI=1S/C17H46O2P2SSi4/c1-16(2,24(8,9)18)20-26(12,15-13-14-22-23(5,6)7)21-17(3,4)25(10,11)19/h18-21H,13-15H2,1-12H3. The van der Waals surface area contributed by atoms with Crippen LogP contribution < -0.4 is 0 Å².